The zero-order valence-corrected chi connectivity index (χ0v) is 15.4. The van der Waals surface area contributed by atoms with E-state index in [0.29, 0.717) is 23.4 Å². The Labute approximate surface area is 149 Å². The van der Waals surface area contributed by atoms with Gasteiger partial charge in [0.25, 0.3) is 0 Å². The molecule has 0 atom stereocenters. The van der Waals surface area contributed by atoms with Crippen LogP contribution < -0.4 is 15.8 Å². The largest absolute Gasteiger partial charge is 0.459 e. The van der Waals surface area contributed by atoms with Crippen LogP contribution in [0.4, 0.5) is 5.82 Å². The second-order valence-corrected chi connectivity index (χ2v) is 6.98. The van der Waals surface area contributed by atoms with Gasteiger partial charge in [-0.2, -0.15) is 4.98 Å². The molecule has 25 heavy (non-hydrogen) atoms. The summed E-state index contributed by atoms with van der Waals surface area (Å²) in [7, 11) is 0. The normalized spacial score (nSPS) is 16.0. The second kappa shape index (κ2) is 8.47. The summed E-state index contributed by atoms with van der Waals surface area (Å²) in [5.74, 6) is 1.04. The van der Waals surface area contributed by atoms with Gasteiger partial charge in [-0.15, -0.1) is 5.10 Å². The van der Waals surface area contributed by atoms with Gasteiger partial charge in [0, 0.05) is 0 Å². The minimum absolute atomic E-state index is 0.142. The number of aromatic nitrogens is 4. The summed E-state index contributed by atoms with van der Waals surface area (Å²) in [6.07, 6.45) is 9.51. The van der Waals surface area contributed by atoms with Crippen molar-refractivity contribution in [3.8, 4) is 6.01 Å². The molecule has 7 heteroatoms. The number of hydrogen-bond donors (Lipinski definition) is 2. The molecule has 1 saturated heterocycles. The number of anilines is 1. The minimum Gasteiger partial charge on any atom is -0.459 e. The fraction of sp³-hybridized carbons (Fsp3) is 0.722. The minimum atomic E-state index is 0.142. The fourth-order valence-electron chi connectivity index (χ4n) is 3.55. The zero-order valence-electron chi connectivity index (χ0n) is 15.4. The number of fused-ring (bicyclic) bond motifs is 1. The maximum absolute atomic E-state index is 6.10. The number of nitrogens with zero attached hydrogens (tertiary/aromatic N) is 4. The topological polar surface area (TPSA) is 90.4 Å². The van der Waals surface area contributed by atoms with Crippen molar-refractivity contribution in [1.82, 2.24) is 24.9 Å². The van der Waals surface area contributed by atoms with Gasteiger partial charge < -0.3 is 15.8 Å². The van der Waals surface area contributed by atoms with Crippen molar-refractivity contribution in [2.75, 3.05) is 18.8 Å². The number of hydrogen-bond acceptors (Lipinski definition) is 6. The van der Waals surface area contributed by atoms with Gasteiger partial charge in [-0.1, -0.05) is 26.7 Å². The number of imidazole rings is 1. The highest BCUT2D eigenvalue weighted by Crippen LogP contribution is 2.22. The van der Waals surface area contributed by atoms with Gasteiger partial charge in [0.1, 0.15) is 6.10 Å². The van der Waals surface area contributed by atoms with Crippen LogP contribution in [-0.2, 0) is 6.42 Å². The van der Waals surface area contributed by atoms with Gasteiger partial charge in [-0.3, -0.25) is 0 Å². The molecule has 1 aliphatic rings. The Balaban J connectivity index is 1.81. The van der Waals surface area contributed by atoms with Crippen molar-refractivity contribution in [1.29, 1.82) is 0 Å². The highest BCUT2D eigenvalue weighted by Gasteiger charge is 2.19. The van der Waals surface area contributed by atoms with Crippen LogP contribution in [0.5, 0.6) is 6.01 Å². The van der Waals surface area contributed by atoms with Crippen LogP contribution in [0.15, 0.2) is 6.20 Å². The van der Waals surface area contributed by atoms with E-state index in [1.165, 1.54) is 12.8 Å². The van der Waals surface area contributed by atoms with Crippen LogP contribution in [0, 0.1) is 5.92 Å². The molecule has 2 aromatic rings. The molecule has 0 aliphatic carbocycles. The fourth-order valence-corrected chi connectivity index (χ4v) is 3.55. The van der Waals surface area contributed by atoms with E-state index in [2.05, 4.69) is 34.2 Å². The first-order chi connectivity index (χ1) is 12.2. The lowest BCUT2D eigenvalue weighted by atomic mass is 9.93. The molecule has 0 radical (unpaired) electrons. The van der Waals surface area contributed by atoms with E-state index in [1.54, 1.807) is 0 Å². The van der Waals surface area contributed by atoms with Crippen molar-refractivity contribution in [3.05, 3.63) is 11.9 Å². The van der Waals surface area contributed by atoms with E-state index in [0.717, 1.165) is 50.9 Å². The summed E-state index contributed by atoms with van der Waals surface area (Å²) in [5.41, 5.74) is 7.81. The first kappa shape index (κ1) is 17.9. The van der Waals surface area contributed by atoms with Gasteiger partial charge in [0.2, 0.25) is 0 Å². The Kier molecular flexibility index (Phi) is 6.07. The molecular weight excluding hydrogens is 316 g/mol. The Morgan fingerprint density at radius 3 is 2.68 bits per heavy atom. The van der Waals surface area contributed by atoms with Crippen molar-refractivity contribution in [2.24, 2.45) is 5.92 Å². The third kappa shape index (κ3) is 4.39. The van der Waals surface area contributed by atoms with Gasteiger partial charge in [0.15, 0.2) is 11.5 Å². The molecule has 0 spiro atoms. The Morgan fingerprint density at radius 1 is 1.28 bits per heavy atom. The van der Waals surface area contributed by atoms with E-state index >= 15 is 0 Å². The lowest BCUT2D eigenvalue weighted by Gasteiger charge is -2.22. The summed E-state index contributed by atoms with van der Waals surface area (Å²) in [4.78, 5) is 8.74. The first-order valence-electron chi connectivity index (χ1n) is 9.58. The summed E-state index contributed by atoms with van der Waals surface area (Å²) in [6.45, 7) is 6.50. The number of nitrogen functional groups attached to an aromatic ring is 1. The molecule has 3 rings (SSSR count). The highest BCUT2D eigenvalue weighted by molar-refractivity contribution is 5.59. The van der Waals surface area contributed by atoms with Crippen molar-refractivity contribution >= 4 is 11.5 Å². The number of ether oxygens (including phenoxy) is 1. The molecule has 0 aromatic carbocycles. The van der Waals surface area contributed by atoms with E-state index in [1.807, 2.05) is 10.7 Å². The summed E-state index contributed by atoms with van der Waals surface area (Å²) >= 11 is 0. The van der Waals surface area contributed by atoms with Crippen LogP contribution in [0.25, 0.3) is 5.65 Å². The molecule has 3 N–H and O–H groups in total. The molecule has 0 bridgehead atoms. The van der Waals surface area contributed by atoms with Crippen LogP contribution in [0.3, 0.4) is 0 Å². The molecule has 0 amide bonds. The average Bonchev–Trinajstić information content (AvgIpc) is 3.00. The Morgan fingerprint density at radius 2 is 2.00 bits per heavy atom. The van der Waals surface area contributed by atoms with E-state index in [4.69, 9.17) is 10.5 Å². The Hall–Kier alpha value is -1.89. The SMILES string of the molecule is CCCC(CCC)Oc1nc(N)c2ncc(CC3CCNCC3)n2n1. The van der Waals surface area contributed by atoms with E-state index in [-0.39, 0.29) is 6.10 Å². The second-order valence-electron chi connectivity index (χ2n) is 6.98. The predicted octanol–water partition coefficient (Wildman–Crippen LogP) is 2.60. The number of nitrogens with one attached hydrogen (secondary N) is 1. The summed E-state index contributed by atoms with van der Waals surface area (Å²) in [6, 6.07) is 0.362. The lowest BCUT2D eigenvalue weighted by Crippen LogP contribution is -2.29. The van der Waals surface area contributed by atoms with Crippen molar-refractivity contribution < 1.29 is 4.74 Å². The monoisotopic (exact) mass is 346 g/mol. The maximum Gasteiger partial charge on any atom is 0.336 e. The lowest BCUT2D eigenvalue weighted by molar-refractivity contribution is 0.161. The molecule has 3 heterocycles. The van der Waals surface area contributed by atoms with Crippen LogP contribution in [0.2, 0.25) is 0 Å². The third-order valence-electron chi connectivity index (χ3n) is 4.89. The van der Waals surface area contributed by atoms with Crippen molar-refractivity contribution in [2.45, 2.75) is 64.9 Å². The molecule has 138 valence electrons. The smallest absolute Gasteiger partial charge is 0.336 e. The van der Waals surface area contributed by atoms with Crippen LogP contribution >= 0.6 is 0 Å². The quantitative estimate of drug-likeness (QED) is 0.763. The summed E-state index contributed by atoms with van der Waals surface area (Å²) < 4.78 is 7.87. The van der Waals surface area contributed by atoms with Crippen LogP contribution in [-0.4, -0.2) is 38.8 Å². The predicted molar refractivity (Wildman–Crippen MR) is 98.7 cm³/mol. The molecule has 0 unspecified atom stereocenters. The van der Waals surface area contributed by atoms with Gasteiger partial charge in [0.05, 0.1) is 11.9 Å². The standard InChI is InChI=1S/C18H30N6O/c1-3-5-15(6-4-2)25-18-22-16(19)17-21-12-14(24(17)23-18)11-13-7-9-20-10-8-13/h12-13,15,20H,3-11H2,1-2H3,(H2,19,22,23). The molecule has 0 saturated carbocycles. The average molecular weight is 346 g/mol. The molecular formula is C18H30N6O. The number of nitrogens with two attached hydrogens (primary N) is 1. The van der Waals surface area contributed by atoms with E-state index < -0.39 is 0 Å². The van der Waals surface area contributed by atoms with Gasteiger partial charge in [-0.25, -0.2) is 9.50 Å². The zero-order chi connectivity index (χ0) is 17.6. The van der Waals surface area contributed by atoms with Gasteiger partial charge >= 0.3 is 6.01 Å². The highest BCUT2D eigenvalue weighted by atomic mass is 16.5. The molecule has 7 nitrogen and oxygen atoms in total. The van der Waals surface area contributed by atoms with Gasteiger partial charge in [-0.05, 0) is 51.1 Å². The Bertz CT molecular complexity index is 674. The van der Waals surface area contributed by atoms with Crippen LogP contribution in [0.1, 0.15) is 58.1 Å². The van der Waals surface area contributed by atoms with Crippen molar-refractivity contribution in [3.63, 3.8) is 0 Å². The summed E-state index contributed by atoms with van der Waals surface area (Å²) in [5, 5.41) is 8.00. The third-order valence-corrected chi connectivity index (χ3v) is 4.89. The molecule has 1 aliphatic heterocycles. The first-order valence-corrected chi connectivity index (χ1v) is 9.58. The maximum atomic E-state index is 6.10. The van der Waals surface area contributed by atoms with E-state index in [9.17, 15) is 0 Å². The number of piperidine rings is 1. The molecule has 2 aromatic heterocycles. The number of rotatable bonds is 8. The molecule has 1 fully saturated rings.